The molecule has 0 bridgehead atoms. The molecule has 1 amide bonds. The van der Waals surface area contributed by atoms with Gasteiger partial charge in [0.2, 0.25) is 5.56 Å². The van der Waals surface area contributed by atoms with Crippen LogP contribution in [0, 0.1) is 0 Å². The van der Waals surface area contributed by atoms with E-state index in [0.29, 0.717) is 25.1 Å². The fourth-order valence-electron chi connectivity index (χ4n) is 2.59. The third-order valence-corrected chi connectivity index (χ3v) is 5.69. The first kappa shape index (κ1) is 16.4. The monoisotopic (exact) mass is 351 g/mol. The average Bonchev–Trinajstić information content (AvgIpc) is 3.00. The second-order valence-corrected chi connectivity index (χ2v) is 7.31. The molecule has 1 fully saturated rings. The zero-order valence-electron chi connectivity index (χ0n) is 12.8. The van der Waals surface area contributed by atoms with Crippen molar-refractivity contribution in [3.8, 4) is 0 Å². The van der Waals surface area contributed by atoms with Crippen LogP contribution >= 0.6 is 0 Å². The van der Waals surface area contributed by atoms with Crippen molar-refractivity contribution in [3.63, 3.8) is 0 Å². The summed E-state index contributed by atoms with van der Waals surface area (Å²) in [5.41, 5.74) is 0.0960. The molecule has 0 atom stereocenters. The third kappa shape index (κ3) is 3.24. The molecule has 1 saturated heterocycles. The first-order valence-corrected chi connectivity index (χ1v) is 8.89. The number of hydrogen-bond acceptors (Lipinski definition) is 5. The minimum Gasteiger partial charge on any atom is -0.337 e. The SMILES string of the molecule is O=C(c1ccc(=O)[nH]c1)N1CCCN(S(=O)(=O)c2cnc[nH]2)CC1. The highest BCUT2D eigenvalue weighted by atomic mass is 32.2. The molecule has 0 saturated carbocycles. The van der Waals surface area contributed by atoms with Crippen LogP contribution in [0.5, 0.6) is 0 Å². The number of sulfonamides is 1. The molecule has 3 heterocycles. The van der Waals surface area contributed by atoms with Crippen LogP contribution in [0.2, 0.25) is 0 Å². The number of carbonyl (C=O) groups excluding carboxylic acids is 1. The van der Waals surface area contributed by atoms with Crippen LogP contribution in [-0.4, -0.2) is 64.7 Å². The first-order chi connectivity index (χ1) is 11.5. The number of H-pyrrole nitrogens is 2. The van der Waals surface area contributed by atoms with E-state index in [0.717, 1.165) is 0 Å². The number of aromatic nitrogens is 3. The van der Waals surface area contributed by atoms with Crippen LogP contribution in [0.25, 0.3) is 0 Å². The van der Waals surface area contributed by atoms with Gasteiger partial charge in [-0.05, 0) is 12.5 Å². The molecule has 0 spiro atoms. The molecule has 24 heavy (non-hydrogen) atoms. The summed E-state index contributed by atoms with van der Waals surface area (Å²) in [7, 11) is -3.63. The Morgan fingerprint density at radius 2 is 1.96 bits per heavy atom. The number of nitrogens with one attached hydrogen (secondary N) is 2. The van der Waals surface area contributed by atoms with Gasteiger partial charge < -0.3 is 14.9 Å². The van der Waals surface area contributed by atoms with Crippen molar-refractivity contribution in [2.75, 3.05) is 26.2 Å². The van der Waals surface area contributed by atoms with Crippen molar-refractivity contribution >= 4 is 15.9 Å². The zero-order valence-corrected chi connectivity index (χ0v) is 13.6. The lowest BCUT2D eigenvalue weighted by Gasteiger charge is -2.21. The van der Waals surface area contributed by atoms with E-state index in [1.165, 1.54) is 35.2 Å². The van der Waals surface area contributed by atoms with E-state index >= 15 is 0 Å². The number of carbonyl (C=O) groups is 1. The van der Waals surface area contributed by atoms with Crippen LogP contribution in [0.3, 0.4) is 0 Å². The fourth-order valence-corrected chi connectivity index (χ4v) is 3.95. The summed E-state index contributed by atoms with van der Waals surface area (Å²) in [6.45, 7) is 1.27. The maximum absolute atomic E-state index is 12.5. The first-order valence-electron chi connectivity index (χ1n) is 7.45. The summed E-state index contributed by atoms with van der Waals surface area (Å²) < 4.78 is 26.3. The Morgan fingerprint density at radius 3 is 2.62 bits per heavy atom. The molecule has 1 aliphatic heterocycles. The lowest BCUT2D eigenvalue weighted by Crippen LogP contribution is -2.37. The standard InChI is InChI=1S/C14H17N5O4S/c20-12-3-2-11(8-16-12)14(21)18-4-1-5-19(7-6-18)24(22,23)13-9-15-10-17-13/h2-3,8-10H,1,4-7H2,(H,15,17)(H,16,20). The zero-order chi connectivity index (χ0) is 17.2. The minimum absolute atomic E-state index is 0.0444. The van der Waals surface area contributed by atoms with Gasteiger partial charge in [-0.2, -0.15) is 4.31 Å². The van der Waals surface area contributed by atoms with Gasteiger partial charge in [0, 0.05) is 38.4 Å². The average molecular weight is 351 g/mol. The normalized spacial score (nSPS) is 16.8. The Labute approximate surface area is 138 Å². The highest BCUT2D eigenvalue weighted by molar-refractivity contribution is 7.89. The number of amides is 1. The molecule has 3 rings (SSSR count). The maximum Gasteiger partial charge on any atom is 0.260 e. The molecule has 2 aromatic rings. The van der Waals surface area contributed by atoms with Crippen LogP contribution in [-0.2, 0) is 10.0 Å². The number of pyridine rings is 1. The Kier molecular flexibility index (Phi) is 4.49. The van der Waals surface area contributed by atoms with Crippen molar-refractivity contribution in [1.29, 1.82) is 0 Å². The summed E-state index contributed by atoms with van der Waals surface area (Å²) in [6, 6.07) is 2.76. The molecule has 128 valence electrons. The van der Waals surface area contributed by atoms with E-state index in [1.54, 1.807) is 4.90 Å². The van der Waals surface area contributed by atoms with Crippen molar-refractivity contribution in [3.05, 3.63) is 46.8 Å². The number of hydrogen-bond donors (Lipinski definition) is 2. The van der Waals surface area contributed by atoms with E-state index in [2.05, 4.69) is 15.0 Å². The summed E-state index contributed by atoms with van der Waals surface area (Å²) in [6.07, 6.45) is 4.48. The quantitative estimate of drug-likeness (QED) is 0.782. The Hall–Kier alpha value is -2.46. The smallest absolute Gasteiger partial charge is 0.260 e. The molecule has 9 nitrogen and oxygen atoms in total. The Balaban J connectivity index is 1.72. The van der Waals surface area contributed by atoms with Gasteiger partial charge in [0.15, 0.2) is 5.03 Å². The van der Waals surface area contributed by atoms with Gasteiger partial charge in [-0.3, -0.25) is 9.59 Å². The molecular formula is C14H17N5O4S. The predicted molar refractivity (Wildman–Crippen MR) is 84.9 cm³/mol. The molecule has 0 aliphatic carbocycles. The molecule has 0 aromatic carbocycles. The van der Waals surface area contributed by atoms with Gasteiger partial charge in [-0.1, -0.05) is 0 Å². The third-order valence-electron chi connectivity index (χ3n) is 3.86. The topological polar surface area (TPSA) is 119 Å². The van der Waals surface area contributed by atoms with Crippen LogP contribution in [0.4, 0.5) is 0 Å². The summed E-state index contributed by atoms with van der Waals surface area (Å²) >= 11 is 0. The van der Waals surface area contributed by atoms with E-state index in [1.807, 2.05) is 0 Å². The number of imidazole rings is 1. The Bertz CT molecular complexity index is 854. The van der Waals surface area contributed by atoms with Gasteiger partial charge in [-0.25, -0.2) is 13.4 Å². The molecule has 1 aliphatic rings. The largest absolute Gasteiger partial charge is 0.337 e. The van der Waals surface area contributed by atoms with E-state index in [9.17, 15) is 18.0 Å². The van der Waals surface area contributed by atoms with E-state index < -0.39 is 10.0 Å². The van der Waals surface area contributed by atoms with Gasteiger partial charge in [0.05, 0.1) is 18.1 Å². The van der Waals surface area contributed by atoms with Crippen molar-refractivity contribution < 1.29 is 13.2 Å². The van der Waals surface area contributed by atoms with E-state index in [-0.39, 0.29) is 29.6 Å². The molecule has 0 unspecified atom stereocenters. The second kappa shape index (κ2) is 6.57. The number of nitrogens with zero attached hydrogens (tertiary/aromatic N) is 3. The van der Waals surface area contributed by atoms with Crippen LogP contribution in [0.15, 0.2) is 40.7 Å². The predicted octanol–water partition coefficient (Wildman–Crippen LogP) is -0.365. The van der Waals surface area contributed by atoms with Gasteiger partial charge >= 0.3 is 0 Å². The molecule has 0 radical (unpaired) electrons. The van der Waals surface area contributed by atoms with Gasteiger partial charge in [-0.15, -0.1) is 0 Å². The summed E-state index contributed by atoms with van der Waals surface area (Å²) in [5.74, 6) is -0.230. The summed E-state index contributed by atoms with van der Waals surface area (Å²) in [5, 5.41) is 0.0444. The van der Waals surface area contributed by atoms with Crippen molar-refractivity contribution in [2.45, 2.75) is 11.4 Å². The molecular weight excluding hydrogens is 334 g/mol. The molecule has 2 aromatic heterocycles. The van der Waals surface area contributed by atoms with Crippen LogP contribution in [0.1, 0.15) is 16.8 Å². The van der Waals surface area contributed by atoms with E-state index in [4.69, 9.17) is 0 Å². The van der Waals surface area contributed by atoms with Crippen molar-refractivity contribution in [2.24, 2.45) is 0 Å². The highest BCUT2D eigenvalue weighted by Crippen LogP contribution is 2.16. The Morgan fingerprint density at radius 1 is 1.12 bits per heavy atom. The van der Waals surface area contributed by atoms with Crippen molar-refractivity contribution in [1.82, 2.24) is 24.2 Å². The molecule has 2 N–H and O–H groups in total. The van der Waals surface area contributed by atoms with Gasteiger partial charge in [0.1, 0.15) is 0 Å². The minimum atomic E-state index is -3.63. The summed E-state index contributed by atoms with van der Waals surface area (Å²) in [4.78, 5) is 34.0. The maximum atomic E-state index is 12.5. The number of aromatic amines is 2. The lowest BCUT2D eigenvalue weighted by atomic mass is 10.2. The second-order valence-electron chi connectivity index (χ2n) is 5.41. The number of rotatable bonds is 3. The molecule has 10 heteroatoms. The van der Waals surface area contributed by atoms with Gasteiger partial charge in [0.25, 0.3) is 15.9 Å². The fraction of sp³-hybridized carbons (Fsp3) is 0.357. The van der Waals surface area contributed by atoms with Crippen LogP contribution < -0.4 is 5.56 Å². The highest BCUT2D eigenvalue weighted by Gasteiger charge is 2.29. The lowest BCUT2D eigenvalue weighted by molar-refractivity contribution is 0.0764.